The number of aromatic nitrogens is 1. The maximum absolute atomic E-state index is 12.0. The Balaban J connectivity index is 2.00. The number of Topliss-reactive ketones (excluding diaryl/α,β-unsaturated/α-hetero) is 1. The molecule has 2 nitrogen and oxygen atoms in total. The number of rotatable bonds is 3. The van der Waals surface area contributed by atoms with Crippen LogP contribution in [-0.4, -0.2) is 10.8 Å². The lowest BCUT2D eigenvalue weighted by Crippen LogP contribution is -2.28. The minimum absolute atomic E-state index is 0.246. The van der Waals surface area contributed by atoms with E-state index in [4.69, 9.17) is 0 Å². The third kappa shape index (κ3) is 3.15. The first-order chi connectivity index (χ1) is 8.06. The molecule has 0 bridgehead atoms. The van der Waals surface area contributed by atoms with E-state index < -0.39 is 0 Å². The van der Waals surface area contributed by atoms with Gasteiger partial charge in [-0.3, -0.25) is 4.79 Å². The highest BCUT2D eigenvalue weighted by Gasteiger charge is 2.30. The average Bonchev–Trinajstić information content (AvgIpc) is 2.67. The van der Waals surface area contributed by atoms with Crippen molar-refractivity contribution in [3.63, 3.8) is 0 Å². The van der Waals surface area contributed by atoms with Gasteiger partial charge in [-0.1, -0.05) is 13.8 Å². The van der Waals surface area contributed by atoms with Crippen molar-refractivity contribution in [1.82, 2.24) is 4.98 Å². The molecule has 0 saturated heterocycles. The molecule has 0 aliphatic heterocycles. The highest BCUT2D eigenvalue weighted by Crippen LogP contribution is 2.34. The van der Waals surface area contributed by atoms with E-state index in [2.05, 4.69) is 18.8 Å². The number of hydrogen-bond donors (Lipinski definition) is 0. The van der Waals surface area contributed by atoms with Gasteiger partial charge in [0, 0.05) is 23.4 Å². The summed E-state index contributed by atoms with van der Waals surface area (Å²) in [5.41, 5.74) is 0. The Morgan fingerprint density at radius 3 is 2.88 bits per heavy atom. The molecule has 1 aliphatic rings. The van der Waals surface area contributed by atoms with Crippen molar-refractivity contribution in [2.75, 3.05) is 0 Å². The van der Waals surface area contributed by atoms with E-state index in [0.29, 0.717) is 11.7 Å². The molecule has 1 aromatic heterocycles. The van der Waals surface area contributed by atoms with Gasteiger partial charge in [0.2, 0.25) is 0 Å². The van der Waals surface area contributed by atoms with Crippen LogP contribution in [0.4, 0.5) is 0 Å². The Labute approximate surface area is 107 Å². The minimum Gasteiger partial charge on any atom is -0.299 e. The Bertz CT molecular complexity index is 397. The summed E-state index contributed by atoms with van der Waals surface area (Å²) < 4.78 is 0. The molecule has 3 heteroatoms. The zero-order valence-corrected chi connectivity index (χ0v) is 11.7. The summed E-state index contributed by atoms with van der Waals surface area (Å²) in [5, 5.41) is 1.10. The number of carbonyl (C=O) groups excluding carboxylic acids is 1. The summed E-state index contributed by atoms with van der Waals surface area (Å²) in [7, 11) is 0. The molecule has 2 atom stereocenters. The lowest BCUT2D eigenvalue weighted by atomic mass is 9.74. The van der Waals surface area contributed by atoms with Gasteiger partial charge in [0.05, 0.1) is 5.01 Å². The van der Waals surface area contributed by atoms with E-state index in [-0.39, 0.29) is 5.92 Å². The van der Waals surface area contributed by atoms with E-state index in [9.17, 15) is 4.79 Å². The molecule has 1 aliphatic carbocycles. The number of aryl methyl sites for hydroxylation is 1. The van der Waals surface area contributed by atoms with Crippen molar-refractivity contribution in [2.24, 2.45) is 17.8 Å². The highest BCUT2D eigenvalue weighted by molar-refractivity contribution is 7.11. The van der Waals surface area contributed by atoms with E-state index in [1.54, 1.807) is 11.3 Å². The average molecular weight is 251 g/mol. The lowest BCUT2D eigenvalue weighted by Gasteiger charge is -2.30. The smallest absolute Gasteiger partial charge is 0.136 e. The molecule has 0 amide bonds. The Hall–Kier alpha value is -0.700. The van der Waals surface area contributed by atoms with Crippen molar-refractivity contribution in [2.45, 2.75) is 46.5 Å². The minimum atomic E-state index is 0.246. The molecule has 0 spiro atoms. The van der Waals surface area contributed by atoms with Gasteiger partial charge in [0.15, 0.2) is 0 Å². The first-order valence-electron chi connectivity index (χ1n) is 6.50. The first-order valence-corrected chi connectivity index (χ1v) is 7.32. The highest BCUT2D eigenvalue weighted by atomic mass is 32.1. The van der Waals surface area contributed by atoms with Gasteiger partial charge in [-0.05, 0) is 38.0 Å². The van der Waals surface area contributed by atoms with Gasteiger partial charge >= 0.3 is 0 Å². The van der Waals surface area contributed by atoms with Gasteiger partial charge in [-0.2, -0.15) is 0 Å². The maximum Gasteiger partial charge on any atom is 0.136 e. The van der Waals surface area contributed by atoms with Crippen LogP contribution in [-0.2, 0) is 11.2 Å². The molecule has 17 heavy (non-hydrogen) atoms. The fraction of sp³-hybridized carbons (Fsp3) is 0.714. The third-order valence-corrected chi connectivity index (χ3v) is 4.80. The second-order valence-electron chi connectivity index (χ2n) is 5.49. The molecule has 1 aromatic rings. The van der Waals surface area contributed by atoms with Crippen LogP contribution in [0.3, 0.4) is 0 Å². The van der Waals surface area contributed by atoms with Crippen molar-refractivity contribution < 1.29 is 4.79 Å². The van der Waals surface area contributed by atoms with E-state index in [0.717, 1.165) is 36.6 Å². The molecule has 1 fully saturated rings. The summed E-state index contributed by atoms with van der Waals surface area (Å²) in [6.45, 7) is 6.57. The normalized spacial score (nSPS) is 25.5. The Kier molecular flexibility index (Phi) is 3.97. The number of thiazole rings is 1. The number of ketones is 1. The van der Waals surface area contributed by atoms with E-state index in [1.165, 1.54) is 4.88 Å². The summed E-state index contributed by atoms with van der Waals surface area (Å²) in [6, 6.07) is 0. The van der Waals surface area contributed by atoms with Crippen LogP contribution >= 0.6 is 11.3 Å². The number of nitrogens with zero attached hydrogens (tertiary/aromatic N) is 1. The van der Waals surface area contributed by atoms with E-state index in [1.807, 2.05) is 13.1 Å². The molecule has 1 heterocycles. The molecule has 2 unspecified atom stereocenters. The fourth-order valence-electron chi connectivity index (χ4n) is 2.69. The standard InChI is InChI=1S/C14H21NOS/c1-9(2)11-4-5-14(16)12(6-11)7-13-8-15-10(3)17-13/h8-9,11-12H,4-7H2,1-3H3. The zero-order valence-electron chi connectivity index (χ0n) is 10.9. The number of hydrogen-bond acceptors (Lipinski definition) is 3. The lowest BCUT2D eigenvalue weighted by molar-refractivity contribution is -0.125. The van der Waals surface area contributed by atoms with Gasteiger partial charge < -0.3 is 0 Å². The van der Waals surface area contributed by atoms with Crippen molar-refractivity contribution >= 4 is 17.1 Å². The molecule has 94 valence electrons. The first kappa shape index (κ1) is 12.7. The Morgan fingerprint density at radius 1 is 1.53 bits per heavy atom. The second kappa shape index (κ2) is 5.30. The van der Waals surface area contributed by atoms with Gasteiger partial charge in [-0.25, -0.2) is 4.98 Å². The summed E-state index contributed by atoms with van der Waals surface area (Å²) >= 11 is 1.73. The van der Waals surface area contributed by atoms with Crippen LogP contribution in [0.25, 0.3) is 0 Å². The zero-order chi connectivity index (χ0) is 12.4. The topological polar surface area (TPSA) is 30.0 Å². The quantitative estimate of drug-likeness (QED) is 0.821. The van der Waals surface area contributed by atoms with Crippen LogP contribution in [0.2, 0.25) is 0 Å². The predicted molar refractivity (Wildman–Crippen MR) is 71.2 cm³/mol. The monoisotopic (exact) mass is 251 g/mol. The molecular formula is C14H21NOS. The van der Waals surface area contributed by atoms with Crippen molar-refractivity contribution in [1.29, 1.82) is 0 Å². The second-order valence-corrected chi connectivity index (χ2v) is 6.81. The maximum atomic E-state index is 12.0. The van der Waals surface area contributed by atoms with Crippen LogP contribution in [0.1, 0.15) is 43.0 Å². The molecule has 0 radical (unpaired) electrons. The van der Waals surface area contributed by atoms with Crippen LogP contribution < -0.4 is 0 Å². The summed E-state index contributed by atoms with van der Waals surface area (Å²) in [6.07, 6.45) is 5.80. The molecular weight excluding hydrogens is 230 g/mol. The summed E-state index contributed by atoms with van der Waals surface area (Å²) in [5.74, 6) is 2.14. The van der Waals surface area contributed by atoms with Crippen molar-refractivity contribution in [3.8, 4) is 0 Å². The van der Waals surface area contributed by atoms with Crippen molar-refractivity contribution in [3.05, 3.63) is 16.1 Å². The summed E-state index contributed by atoms with van der Waals surface area (Å²) in [4.78, 5) is 17.5. The van der Waals surface area contributed by atoms with Gasteiger partial charge in [0.1, 0.15) is 5.78 Å². The molecule has 0 N–H and O–H groups in total. The molecule has 1 saturated carbocycles. The number of carbonyl (C=O) groups is 1. The van der Waals surface area contributed by atoms with Crippen LogP contribution in [0.15, 0.2) is 6.20 Å². The molecule has 0 aromatic carbocycles. The molecule has 2 rings (SSSR count). The van der Waals surface area contributed by atoms with Gasteiger partial charge in [-0.15, -0.1) is 11.3 Å². The predicted octanol–water partition coefficient (Wildman–Crippen LogP) is 3.64. The largest absolute Gasteiger partial charge is 0.299 e. The van der Waals surface area contributed by atoms with E-state index >= 15 is 0 Å². The fourth-order valence-corrected chi connectivity index (χ4v) is 3.57. The van der Waals surface area contributed by atoms with Gasteiger partial charge in [0.25, 0.3) is 0 Å². The SMILES string of the molecule is Cc1ncc(CC2CC(C(C)C)CCC2=O)s1. The Morgan fingerprint density at radius 2 is 2.29 bits per heavy atom. The van der Waals surface area contributed by atoms with Crippen LogP contribution in [0, 0.1) is 24.7 Å². The van der Waals surface area contributed by atoms with Crippen LogP contribution in [0.5, 0.6) is 0 Å². The third-order valence-electron chi connectivity index (χ3n) is 3.86.